The Morgan fingerprint density at radius 1 is 1.12 bits per heavy atom. The van der Waals surface area contributed by atoms with Gasteiger partial charge in [-0.15, -0.1) is 0 Å². The SMILES string of the molecule is O=C(O)CCCCCCC1C(=O)NC(=O)N1CCC(O)c1ccccc1. The van der Waals surface area contributed by atoms with Gasteiger partial charge in [-0.2, -0.15) is 0 Å². The summed E-state index contributed by atoms with van der Waals surface area (Å²) in [6, 6.07) is 8.30. The monoisotopic (exact) mass is 362 g/mol. The number of aliphatic hydroxyl groups excluding tert-OH is 1. The van der Waals surface area contributed by atoms with Crippen molar-refractivity contribution in [2.75, 3.05) is 6.54 Å². The van der Waals surface area contributed by atoms with Crippen LogP contribution in [-0.2, 0) is 9.59 Å². The van der Waals surface area contributed by atoms with Crippen LogP contribution in [0.5, 0.6) is 0 Å². The van der Waals surface area contributed by atoms with Gasteiger partial charge in [-0.1, -0.05) is 49.6 Å². The van der Waals surface area contributed by atoms with E-state index >= 15 is 0 Å². The standard InChI is InChI=1S/C19H26N2O5/c22-16(14-8-4-3-5-9-14)12-13-21-15(18(25)20-19(21)26)10-6-1-2-7-11-17(23)24/h3-5,8-9,15-16,22H,1-2,6-7,10-13H2,(H,23,24)(H,20,25,26). The molecule has 142 valence electrons. The summed E-state index contributed by atoms with van der Waals surface area (Å²) in [6.07, 6.45) is 3.38. The lowest BCUT2D eigenvalue weighted by atomic mass is 10.0. The van der Waals surface area contributed by atoms with Gasteiger partial charge in [0, 0.05) is 13.0 Å². The van der Waals surface area contributed by atoms with Crippen molar-refractivity contribution in [1.82, 2.24) is 10.2 Å². The van der Waals surface area contributed by atoms with Crippen molar-refractivity contribution < 1.29 is 24.6 Å². The highest BCUT2D eigenvalue weighted by atomic mass is 16.4. The fourth-order valence-electron chi connectivity index (χ4n) is 3.16. The number of imide groups is 1. The van der Waals surface area contributed by atoms with Crippen LogP contribution >= 0.6 is 0 Å². The van der Waals surface area contributed by atoms with Gasteiger partial charge in [0.15, 0.2) is 0 Å². The van der Waals surface area contributed by atoms with Crippen LogP contribution in [0.4, 0.5) is 4.79 Å². The number of unbranched alkanes of at least 4 members (excludes halogenated alkanes) is 3. The van der Waals surface area contributed by atoms with Gasteiger partial charge in [0.05, 0.1) is 6.10 Å². The number of nitrogens with one attached hydrogen (secondary N) is 1. The molecule has 3 N–H and O–H groups in total. The molecule has 1 aromatic carbocycles. The molecule has 1 aromatic rings. The van der Waals surface area contributed by atoms with Gasteiger partial charge >= 0.3 is 12.0 Å². The van der Waals surface area contributed by atoms with Crippen LogP contribution in [0.1, 0.15) is 56.6 Å². The molecule has 2 unspecified atom stereocenters. The normalized spacial score (nSPS) is 18.0. The molecule has 7 nitrogen and oxygen atoms in total. The van der Waals surface area contributed by atoms with Gasteiger partial charge < -0.3 is 15.1 Å². The maximum absolute atomic E-state index is 12.0. The molecule has 0 bridgehead atoms. The number of carboxylic acids is 1. The molecule has 1 aliphatic heterocycles. The molecule has 26 heavy (non-hydrogen) atoms. The van der Waals surface area contributed by atoms with Crippen LogP contribution in [-0.4, -0.2) is 45.6 Å². The second kappa shape index (κ2) is 9.91. The third-order valence-electron chi connectivity index (χ3n) is 4.62. The molecule has 1 fully saturated rings. The summed E-state index contributed by atoms with van der Waals surface area (Å²) in [7, 11) is 0. The number of carbonyl (C=O) groups excluding carboxylic acids is 2. The summed E-state index contributed by atoms with van der Waals surface area (Å²) < 4.78 is 0. The number of aliphatic carboxylic acids is 1. The Kier molecular flexibility index (Phi) is 7.59. The van der Waals surface area contributed by atoms with Gasteiger partial charge in [-0.3, -0.25) is 14.9 Å². The molecule has 0 radical (unpaired) electrons. The van der Waals surface area contributed by atoms with Crippen molar-refractivity contribution in [3.05, 3.63) is 35.9 Å². The van der Waals surface area contributed by atoms with E-state index in [4.69, 9.17) is 5.11 Å². The smallest absolute Gasteiger partial charge is 0.324 e. The third-order valence-corrected chi connectivity index (χ3v) is 4.62. The third kappa shape index (κ3) is 5.84. The highest BCUT2D eigenvalue weighted by Gasteiger charge is 2.37. The van der Waals surface area contributed by atoms with E-state index in [1.807, 2.05) is 30.3 Å². The Morgan fingerprint density at radius 2 is 1.81 bits per heavy atom. The second-order valence-electron chi connectivity index (χ2n) is 6.57. The number of rotatable bonds is 11. The number of nitrogens with zero attached hydrogens (tertiary/aromatic N) is 1. The van der Waals surface area contributed by atoms with E-state index in [2.05, 4.69) is 5.32 Å². The van der Waals surface area contributed by atoms with Crippen molar-refractivity contribution in [2.24, 2.45) is 0 Å². The zero-order chi connectivity index (χ0) is 18.9. The lowest BCUT2D eigenvalue weighted by Gasteiger charge is -2.23. The molecular weight excluding hydrogens is 336 g/mol. The predicted octanol–water partition coefficient (Wildman–Crippen LogP) is 2.46. The zero-order valence-corrected chi connectivity index (χ0v) is 14.8. The molecule has 2 rings (SSSR count). The Bertz CT molecular complexity index is 620. The van der Waals surface area contributed by atoms with E-state index in [1.54, 1.807) is 0 Å². The topological polar surface area (TPSA) is 107 Å². The summed E-state index contributed by atoms with van der Waals surface area (Å²) >= 11 is 0. The summed E-state index contributed by atoms with van der Waals surface area (Å²) in [6.45, 7) is 0.303. The highest BCUT2D eigenvalue weighted by Crippen LogP contribution is 2.21. The second-order valence-corrected chi connectivity index (χ2v) is 6.57. The molecule has 0 aliphatic carbocycles. The minimum Gasteiger partial charge on any atom is -0.481 e. The molecule has 0 aromatic heterocycles. The summed E-state index contributed by atoms with van der Waals surface area (Å²) in [4.78, 5) is 36.0. The van der Waals surface area contributed by atoms with E-state index in [-0.39, 0.29) is 12.3 Å². The molecular formula is C19H26N2O5. The first-order valence-corrected chi connectivity index (χ1v) is 9.05. The largest absolute Gasteiger partial charge is 0.481 e. The van der Waals surface area contributed by atoms with Crippen molar-refractivity contribution in [3.8, 4) is 0 Å². The number of carboxylic acid groups (broad SMARTS) is 1. The highest BCUT2D eigenvalue weighted by molar-refractivity contribution is 6.04. The van der Waals surface area contributed by atoms with Crippen molar-refractivity contribution in [2.45, 2.75) is 57.1 Å². The molecule has 1 heterocycles. The number of aliphatic hydroxyl groups is 1. The van der Waals surface area contributed by atoms with Crippen molar-refractivity contribution >= 4 is 17.9 Å². The fraction of sp³-hybridized carbons (Fsp3) is 0.526. The van der Waals surface area contributed by atoms with Crippen LogP contribution in [0, 0.1) is 0 Å². The average molecular weight is 362 g/mol. The van der Waals surface area contributed by atoms with Crippen LogP contribution in [0.25, 0.3) is 0 Å². The van der Waals surface area contributed by atoms with Crippen molar-refractivity contribution in [3.63, 3.8) is 0 Å². The number of hydrogen-bond acceptors (Lipinski definition) is 4. The van der Waals surface area contributed by atoms with Gasteiger partial charge in [0.2, 0.25) is 0 Å². The van der Waals surface area contributed by atoms with E-state index in [9.17, 15) is 19.5 Å². The Balaban J connectivity index is 1.78. The van der Waals surface area contributed by atoms with Gasteiger partial charge in [-0.05, 0) is 24.8 Å². The maximum atomic E-state index is 12.0. The van der Waals surface area contributed by atoms with Crippen LogP contribution < -0.4 is 5.32 Å². The van der Waals surface area contributed by atoms with Crippen LogP contribution in [0.15, 0.2) is 30.3 Å². The number of benzene rings is 1. The van der Waals surface area contributed by atoms with Gasteiger partial charge in [0.1, 0.15) is 6.04 Å². The predicted molar refractivity (Wildman–Crippen MR) is 95.4 cm³/mol. The summed E-state index contributed by atoms with van der Waals surface area (Å²) in [5.41, 5.74) is 0.786. The minimum atomic E-state index is -0.797. The quantitative estimate of drug-likeness (QED) is 0.414. The number of hydrogen-bond donors (Lipinski definition) is 3. The summed E-state index contributed by atoms with van der Waals surface area (Å²) in [5.74, 6) is -1.09. The van der Waals surface area contributed by atoms with Crippen LogP contribution in [0.2, 0.25) is 0 Å². The van der Waals surface area contributed by atoms with Crippen LogP contribution in [0.3, 0.4) is 0 Å². The molecule has 1 saturated heterocycles. The van der Waals surface area contributed by atoms with E-state index in [0.717, 1.165) is 24.8 Å². The lowest BCUT2D eigenvalue weighted by molar-refractivity contribution is -0.137. The van der Waals surface area contributed by atoms with Crippen molar-refractivity contribution in [1.29, 1.82) is 0 Å². The molecule has 2 atom stereocenters. The number of carbonyl (C=O) groups is 3. The molecule has 1 aliphatic rings. The van der Waals surface area contributed by atoms with E-state index in [1.165, 1.54) is 4.90 Å². The molecule has 0 saturated carbocycles. The Labute approximate surface area is 153 Å². The summed E-state index contributed by atoms with van der Waals surface area (Å²) in [5, 5.41) is 21.2. The van der Waals surface area contributed by atoms with E-state index < -0.39 is 24.1 Å². The Morgan fingerprint density at radius 3 is 2.50 bits per heavy atom. The van der Waals surface area contributed by atoms with Gasteiger partial charge in [-0.25, -0.2) is 4.79 Å². The molecule has 7 heteroatoms. The number of urea groups is 1. The lowest BCUT2D eigenvalue weighted by Crippen LogP contribution is -2.36. The first kappa shape index (κ1) is 19.9. The van der Waals surface area contributed by atoms with E-state index in [0.29, 0.717) is 25.8 Å². The average Bonchev–Trinajstić information content (AvgIpc) is 2.89. The maximum Gasteiger partial charge on any atom is 0.324 e. The first-order valence-electron chi connectivity index (χ1n) is 9.05. The zero-order valence-electron chi connectivity index (χ0n) is 14.8. The molecule has 0 spiro atoms. The number of amides is 3. The Hall–Kier alpha value is -2.41. The molecule has 3 amide bonds. The first-order chi connectivity index (χ1) is 12.5. The minimum absolute atomic E-state index is 0.159. The van der Waals surface area contributed by atoms with Gasteiger partial charge in [0.25, 0.3) is 5.91 Å². The fourth-order valence-corrected chi connectivity index (χ4v) is 3.16.